The van der Waals surface area contributed by atoms with Crippen molar-refractivity contribution in [3.05, 3.63) is 81.0 Å². The molecule has 6 heteroatoms. The van der Waals surface area contributed by atoms with Crippen LogP contribution in [0.3, 0.4) is 0 Å². The lowest BCUT2D eigenvalue weighted by Gasteiger charge is -2.00. The second-order valence-electron chi connectivity index (χ2n) is 5.02. The van der Waals surface area contributed by atoms with Gasteiger partial charge in [-0.05, 0) is 24.6 Å². The van der Waals surface area contributed by atoms with E-state index in [4.69, 9.17) is 4.74 Å². The Kier molecular flexibility index (Phi) is 3.72. The minimum absolute atomic E-state index is 0.0549. The van der Waals surface area contributed by atoms with Crippen LogP contribution in [0.1, 0.15) is 16.7 Å². The molecule has 0 amide bonds. The molecule has 2 aromatic rings. The Morgan fingerprint density at radius 1 is 1.13 bits per heavy atom. The van der Waals surface area contributed by atoms with Crippen LogP contribution in [0.2, 0.25) is 0 Å². The third-order valence-electron chi connectivity index (χ3n) is 3.33. The Labute approximate surface area is 131 Å². The van der Waals surface area contributed by atoms with E-state index in [9.17, 15) is 14.9 Å². The largest absolute Gasteiger partial charge is 0.402 e. The average Bonchev–Trinajstić information content (AvgIpc) is 2.90. The second-order valence-corrected chi connectivity index (χ2v) is 5.02. The molecule has 0 spiro atoms. The summed E-state index contributed by atoms with van der Waals surface area (Å²) in [5.74, 6) is -0.681. The van der Waals surface area contributed by atoms with Crippen molar-refractivity contribution in [1.29, 1.82) is 0 Å². The summed E-state index contributed by atoms with van der Waals surface area (Å²) in [4.78, 5) is 26.6. The lowest BCUT2D eigenvalue weighted by atomic mass is 10.1. The molecule has 0 radical (unpaired) electrons. The van der Waals surface area contributed by atoms with Gasteiger partial charge in [0, 0.05) is 6.07 Å². The average molecular weight is 308 g/mol. The van der Waals surface area contributed by atoms with Gasteiger partial charge in [-0.3, -0.25) is 10.1 Å². The molecule has 2 aromatic carbocycles. The maximum atomic E-state index is 11.9. The van der Waals surface area contributed by atoms with Crippen LogP contribution in [-0.4, -0.2) is 16.8 Å². The molecule has 3 rings (SSSR count). The van der Waals surface area contributed by atoms with Crippen molar-refractivity contribution in [2.75, 3.05) is 0 Å². The summed E-state index contributed by atoms with van der Waals surface area (Å²) in [6.45, 7) is 1.96. The van der Waals surface area contributed by atoms with Gasteiger partial charge in [-0.2, -0.15) is 0 Å². The van der Waals surface area contributed by atoms with E-state index < -0.39 is 10.9 Å². The van der Waals surface area contributed by atoms with Gasteiger partial charge in [0.1, 0.15) is 5.56 Å². The van der Waals surface area contributed by atoms with Crippen LogP contribution in [0.4, 0.5) is 5.69 Å². The van der Waals surface area contributed by atoms with Crippen LogP contribution in [0.5, 0.6) is 0 Å². The number of aliphatic imine (C=N–C) groups is 1. The number of hydrogen-bond acceptors (Lipinski definition) is 5. The van der Waals surface area contributed by atoms with Crippen LogP contribution in [0.15, 0.2) is 59.2 Å². The quantitative estimate of drug-likeness (QED) is 0.377. The highest BCUT2D eigenvalue weighted by Gasteiger charge is 2.28. The topological polar surface area (TPSA) is 81.8 Å². The maximum absolute atomic E-state index is 11.9. The molecule has 0 atom stereocenters. The fourth-order valence-electron chi connectivity index (χ4n) is 2.16. The molecule has 0 bridgehead atoms. The summed E-state index contributed by atoms with van der Waals surface area (Å²) in [5.41, 5.74) is 2.04. The minimum atomic E-state index is -0.626. The molecule has 114 valence electrons. The number of nitro benzene ring substituents is 1. The minimum Gasteiger partial charge on any atom is -0.402 e. The van der Waals surface area contributed by atoms with Crippen molar-refractivity contribution in [2.24, 2.45) is 4.99 Å². The predicted octanol–water partition coefficient (Wildman–Crippen LogP) is 3.25. The molecule has 0 unspecified atom stereocenters. The van der Waals surface area contributed by atoms with E-state index in [-0.39, 0.29) is 22.8 Å². The van der Waals surface area contributed by atoms with Gasteiger partial charge >= 0.3 is 5.97 Å². The Morgan fingerprint density at radius 2 is 1.83 bits per heavy atom. The maximum Gasteiger partial charge on any atom is 0.363 e. The van der Waals surface area contributed by atoms with E-state index in [1.54, 1.807) is 18.2 Å². The highest BCUT2D eigenvalue weighted by atomic mass is 16.6. The fraction of sp³-hybridized carbons (Fsp3) is 0.0588. The van der Waals surface area contributed by atoms with Gasteiger partial charge in [0.25, 0.3) is 5.69 Å². The van der Waals surface area contributed by atoms with Gasteiger partial charge < -0.3 is 4.74 Å². The van der Waals surface area contributed by atoms with Gasteiger partial charge in [-0.15, -0.1) is 0 Å². The van der Waals surface area contributed by atoms with Crippen LogP contribution < -0.4 is 0 Å². The van der Waals surface area contributed by atoms with Gasteiger partial charge in [0.2, 0.25) is 5.90 Å². The Hall–Kier alpha value is -3.28. The molecular weight excluding hydrogens is 296 g/mol. The van der Waals surface area contributed by atoms with E-state index in [0.29, 0.717) is 0 Å². The SMILES string of the molecule is Cc1ccc(C=C2N=C(c3ccccc3[N+](=O)[O-])OC2=O)cc1. The monoisotopic (exact) mass is 308 g/mol. The number of para-hydroxylation sites is 1. The number of aryl methyl sites for hydroxylation is 1. The van der Waals surface area contributed by atoms with E-state index in [0.717, 1.165) is 11.1 Å². The third-order valence-corrected chi connectivity index (χ3v) is 3.33. The number of ether oxygens (including phenoxy) is 1. The first-order valence-electron chi connectivity index (χ1n) is 6.87. The highest BCUT2D eigenvalue weighted by Crippen LogP contribution is 2.25. The summed E-state index contributed by atoms with van der Waals surface area (Å²) in [6, 6.07) is 13.6. The third kappa shape index (κ3) is 3.01. The first-order valence-corrected chi connectivity index (χ1v) is 6.87. The van der Waals surface area contributed by atoms with Gasteiger partial charge in [0.15, 0.2) is 5.70 Å². The highest BCUT2D eigenvalue weighted by molar-refractivity contribution is 6.14. The molecule has 0 saturated heterocycles. The molecule has 0 aromatic heterocycles. The number of rotatable bonds is 3. The van der Waals surface area contributed by atoms with E-state index in [2.05, 4.69) is 4.99 Å². The molecular formula is C17H12N2O4. The molecule has 0 N–H and O–H groups in total. The van der Waals surface area contributed by atoms with Crippen molar-refractivity contribution < 1.29 is 14.5 Å². The first-order chi connectivity index (χ1) is 11.0. The number of cyclic esters (lactones) is 1. The van der Waals surface area contributed by atoms with Crippen molar-refractivity contribution >= 4 is 23.6 Å². The zero-order valence-electron chi connectivity index (χ0n) is 12.2. The molecule has 23 heavy (non-hydrogen) atoms. The summed E-state index contributed by atoms with van der Waals surface area (Å²) < 4.78 is 5.09. The first kappa shape index (κ1) is 14.6. The molecule has 1 heterocycles. The normalized spacial score (nSPS) is 15.4. The molecule has 0 aliphatic carbocycles. The summed E-state index contributed by atoms with van der Waals surface area (Å²) in [6.07, 6.45) is 1.59. The fourth-order valence-corrected chi connectivity index (χ4v) is 2.16. The molecule has 0 fully saturated rings. The Morgan fingerprint density at radius 3 is 2.52 bits per heavy atom. The van der Waals surface area contributed by atoms with Crippen LogP contribution >= 0.6 is 0 Å². The second kappa shape index (κ2) is 5.84. The van der Waals surface area contributed by atoms with Crippen LogP contribution in [0, 0.1) is 17.0 Å². The Bertz CT molecular complexity index is 851. The number of nitro groups is 1. The van der Waals surface area contributed by atoms with Crippen molar-refractivity contribution in [3.63, 3.8) is 0 Å². The van der Waals surface area contributed by atoms with Crippen LogP contribution in [-0.2, 0) is 9.53 Å². The molecule has 1 aliphatic rings. The number of nitrogens with zero attached hydrogens (tertiary/aromatic N) is 2. The predicted molar refractivity (Wildman–Crippen MR) is 84.9 cm³/mol. The van der Waals surface area contributed by atoms with Gasteiger partial charge in [0.05, 0.1) is 4.92 Å². The van der Waals surface area contributed by atoms with Crippen molar-refractivity contribution in [1.82, 2.24) is 0 Å². The smallest absolute Gasteiger partial charge is 0.363 e. The molecule has 1 aliphatic heterocycles. The van der Waals surface area contributed by atoms with Crippen molar-refractivity contribution in [3.8, 4) is 0 Å². The molecule has 6 nitrogen and oxygen atoms in total. The van der Waals surface area contributed by atoms with Crippen molar-refractivity contribution in [2.45, 2.75) is 6.92 Å². The number of benzene rings is 2. The Balaban J connectivity index is 1.99. The van der Waals surface area contributed by atoms with E-state index in [1.165, 1.54) is 12.1 Å². The summed E-state index contributed by atoms with van der Waals surface area (Å²) in [7, 11) is 0. The summed E-state index contributed by atoms with van der Waals surface area (Å²) in [5, 5.41) is 11.1. The zero-order chi connectivity index (χ0) is 16.4. The lowest BCUT2D eigenvalue weighted by molar-refractivity contribution is -0.385. The zero-order valence-corrected chi connectivity index (χ0v) is 12.2. The van der Waals surface area contributed by atoms with E-state index in [1.807, 2.05) is 31.2 Å². The lowest BCUT2D eigenvalue weighted by Crippen LogP contribution is -2.07. The summed E-state index contributed by atoms with van der Waals surface area (Å²) >= 11 is 0. The molecule has 0 saturated carbocycles. The van der Waals surface area contributed by atoms with Gasteiger partial charge in [-0.1, -0.05) is 42.0 Å². The number of carbonyl (C=O) groups excluding carboxylic acids is 1. The number of esters is 1. The number of hydrogen-bond donors (Lipinski definition) is 0. The van der Waals surface area contributed by atoms with E-state index >= 15 is 0 Å². The number of carbonyl (C=O) groups is 1. The van der Waals surface area contributed by atoms with Gasteiger partial charge in [-0.25, -0.2) is 9.79 Å². The van der Waals surface area contributed by atoms with Crippen LogP contribution in [0.25, 0.3) is 6.08 Å². The standard InChI is InChI=1S/C17H12N2O4/c1-11-6-8-12(9-7-11)10-14-17(20)23-16(18-14)13-4-2-3-5-15(13)19(21)22/h2-10H,1H3.